The van der Waals surface area contributed by atoms with Gasteiger partial charge in [-0.05, 0) is 108 Å². The molecular formula is C51H60N6O6. The first-order valence-electron chi connectivity index (χ1n) is 21.7. The molecule has 0 aliphatic rings. The van der Waals surface area contributed by atoms with Crippen molar-refractivity contribution in [2.45, 2.75) is 83.4 Å². The third-order valence-electron chi connectivity index (χ3n) is 11.1. The highest BCUT2D eigenvalue weighted by Crippen LogP contribution is 2.35. The number of esters is 1. The number of unbranched alkanes of at least 4 members (excludes halogenated alkanes) is 1. The van der Waals surface area contributed by atoms with Crippen LogP contribution in [0.2, 0.25) is 0 Å². The number of nitrogens with zero attached hydrogens (tertiary/aromatic N) is 1. The molecule has 0 spiro atoms. The molecule has 8 N–H and O–H groups in total. The van der Waals surface area contributed by atoms with Crippen molar-refractivity contribution in [1.29, 1.82) is 0 Å². The summed E-state index contributed by atoms with van der Waals surface area (Å²) in [4.78, 5) is 72.0. The van der Waals surface area contributed by atoms with Gasteiger partial charge in [0, 0.05) is 31.2 Å². The smallest absolute Gasteiger partial charge is 0.329 e. The molecular weight excluding hydrogens is 793 g/mol. The highest BCUT2D eigenvalue weighted by Gasteiger charge is 2.32. The molecule has 0 saturated carbocycles. The van der Waals surface area contributed by atoms with Gasteiger partial charge >= 0.3 is 5.97 Å². The van der Waals surface area contributed by atoms with Gasteiger partial charge in [-0.15, -0.1) is 6.58 Å². The number of aliphatic imine (C=N–C) groups is 1. The zero-order valence-electron chi connectivity index (χ0n) is 36.1. The largest absolute Gasteiger partial charge is 0.459 e. The van der Waals surface area contributed by atoms with Gasteiger partial charge in [0.15, 0.2) is 11.7 Å². The Morgan fingerprint density at radius 1 is 0.714 bits per heavy atom. The maximum Gasteiger partial charge on any atom is 0.329 e. The van der Waals surface area contributed by atoms with Crippen molar-refractivity contribution in [2.75, 3.05) is 13.1 Å². The molecule has 5 aromatic carbocycles. The van der Waals surface area contributed by atoms with Crippen LogP contribution in [0.25, 0.3) is 32.7 Å². The van der Waals surface area contributed by atoms with Crippen molar-refractivity contribution < 1.29 is 28.7 Å². The van der Waals surface area contributed by atoms with Crippen molar-refractivity contribution in [3.8, 4) is 11.1 Å². The van der Waals surface area contributed by atoms with Crippen LogP contribution in [-0.2, 0) is 41.7 Å². The van der Waals surface area contributed by atoms with Gasteiger partial charge < -0.3 is 37.4 Å². The number of Topliss-reactive ketones (excluding diaryl/α,β-unsaturated/α-hetero) is 2. The second kappa shape index (κ2) is 24.1. The molecule has 0 unspecified atom stereocenters. The summed E-state index contributed by atoms with van der Waals surface area (Å²) in [6.45, 7) is 5.82. The van der Waals surface area contributed by atoms with E-state index in [1.54, 1.807) is 0 Å². The normalized spacial score (nSPS) is 13.0. The fourth-order valence-corrected chi connectivity index (χ4v) is 7.85. The number of benzene rings is 5. The number of rotatable bonds is 25. The number of carbonyl (C=O) groups is 5. The van der Waals surface area contributed by atoms with E-state index < -0.39 is 41.7 Å². The number of nitrogens with two attached hydrogens (primary N) is 3. The Morgan fingerprint density at radius 2 is 1.37 bits per heavy atom. The van der Waals surface area contributed by atoms with Gasteiger partial charge in [-0.2, -0.15) is 0 Å². The molecule has 0 aliphatic carbocycles. The van der Waals surface area contributed by atoms with Crippen LogP contribution in [0.1, 0.15) is 69.4 Å². The second-order valence-corrected chi connectivity index (χ2v) is 16.0. The van der Waals surface area contributed by atoms with Crippen molar-refractivity contribution >= 4 is 56.9 Å². The van der Waals surface area contributed by atoms with Crippen LogP contribution in [0.15, 0.2) is 127 Å². The molecule has 0 aromatic heterocycles. The third kappa shape index (κ3) is 14.2. The van der Waals surface area contributed by atoms with Gasteiger partial charge in [0.05, 0.1) is 6.04 Å². The predicted molar refractivity (Wildman–Crippen MR) is 250 cm³/mol. The SMILES string of the molecule is C=CC[C@H](NC(=O)[C@@H](CCCN=C(N)N)CC(=O)[C@@H](CCCCN)NC(=O)[C@@H](CC(C)=O)Cc1ccc(-c2cc3ccccc3c3ccccc23)cc1)C(=O)OCc1ccccc1. The summed E-state index contributed by atoms with van der Waals surface area (Å²) in [7, 11) is 0. The number of carbonyl (C=O) groups excluding carboxylic acids is 5. The van der Waals surface area contributed by atoms with E-state index in [0.717, 1.165) is 38.4 Å². The Bertz CT molecular complexity index is 2380. The number of hydrogen-bond acceptors (Lipinski definition) is 8. The number of amides is 2. The number of ether oxygens (including phenoxy) is 1. The summed E-state index contributed by atoms with van der Waals surface area (Å²) in [6.07, 6.45) is 3.67. The van der Waals surface area contributed by atoms with Crippen LogP contribution < -0.4 is 27.8 Å². The quantitative estimate of drug-likeness (QED) is 0.0104. The van der Waals surface area contributed by atoms with E-state index in [1.165, 1.54) is 18.4 Å². The third-order valence-corrected chi connectivity index (χ3v) is 11.1. The van der Waals surface area contributed by atoms with Crippen LogP contribution in [0.5, 0.6) is 0 Å². The maximum atomic E-state index is 14.2. The topological polar surface area (TPSA) is 209 Å². The predicted octanol–water partition coefficient (Wildman–Crippen LogP) is 6.84. The molecule has 4 atom stereocenters. The summed E-state index contributed by atoms with van der Waals surface area (Å²) < 4.78 is 5.52. The lowest BCUT2D eigenvalue weighted by Gasteiger charge is -2.25. The lowest BCUT2D eigenvalue weighted by Crippen LogP contribution is -2.47. The van der Waals surface area contributed by atoms with Crippen molar-refractivity contribution in [2.24, 2.45) is 34.0 Å². The minimum Gasteiger partial charge on any atom is -0.459 e. The Balaban J connectivity index is 1.32. The molecule has 0 radical (unpaired) electrons. The van der Waals surface area contributed by atoms with Gasteiger partial charge in [0.25, 0.3) is 0 Å². The van der Waals surface area contributed by atoms with Crippen LogP contribution in [0, 0.1) is 11.8 Å². The molecule has 2 amide bonds. The van der Waals surface area contributed by atoms with Gasteiger partial charge in [0.1, 0.15) is 18.4 Å². The van der Waals surface area contributed by atoms with Crippen LogP contribution in [0.4, 0.5) is 0 Å². The first kappa shape index (κ1) is 47.4. The van der Waals surface area contributed by atoms with Crippen molar-refractivity contribution in [3.05, 3.63) is 133 Å². The van der Waals surface area contributed by atoms with Gasteiger partial charge in [-0.25, -0.2) is 4.79 Å². The fourth-order valence-electron chi connectivity index (χ4n) is 7.85. The summed E-state index contributed by atoms with van der Waals surface area (Å²) in [6, 6.07) is 34.0. The lowest BCUT2D eigenvalue weighted by atomic mass is 9.89. The Hall–Kier alpha value is -6.66. The van der Waals surface area contributed by atoms with Gasteiger partial charge in [-0.1, -0.05) is 109 Å². The summed E-state index contributed by atoms with van der Waals surface area (Å²) in [5.74, 6) is -3.85. The van der Waals surface area contributed by atoms with Crippen molar-refractivity contribution in [3.63, 3.8) is 0 Å². The lowest BCUT2D eigenvalue weighted by molar-refractivity contribution is -0.149. The first-order chi connectivity index (χ1) is 30.5. The highest BCUT2D eigenvalue weighted by atomic mass is 16.5. The zero-order valence-corrected chi connectivity index (χ0v) is 36.1. The zero-order chi connectivity index (χ0) is 45.1. The van der Waals surface area contributed by atoms with E-state index in [4.69, 9.17) is 21.9 Å². The van der Waals surface area contributed by atoms with E-state index in [0.29, 0.717) is 25.8 Å². The van der Waals surface area contributed by atoms with E-state index in [2.05, 4.69) is 52.5 Å². The van der Waals surface area contributed by atoms with E-state index in [-0.39, 0.29) is 69.2 Å². The number of ketones is 2. The van der Waals surface area contributed by atoms with Crippen LogP contribution in [0.3, 0.4) is 0 Å². The monoisotopic (exact) mass is 852 g/mol. The number of hydrogen-bond donors (Lipinski definition) is 5. The Labute approximate surface area is 369 Å². The minimum atomic E-state index is -1.04. The Morgan fingerprint density at radius 3 is 2.05 bits per heavy atom. The second-order valence-electron chi connectivity index (χ2n) is 16.0. The van der Waals surface area contributed by atoms with Gasteiger partial charge in [-0.3, -0.25) is 19.4 Å². The molecule has 0 heterocycles. The maximum absolute atomic E-state index is 14.2. The minimum absolute atomic E-state index is 0.0203. The molecule has 12 nitrogen and oxygen atoms in total. The fraction of sp³-hybridized carbons (Fsp3) is 0.333. The molecule has 12 heteroatoms. The summed E-state index contributed by atoms with van der Waals surface area (Å²) in [5.41, 5.74) is 20.6. The van der Waals surface area contributed by atoms with E-state index in [9.17, 15) is 24.0 Å². The number of nitrogens with one attached hydrogen (secondary N) is 2. The Kier molecular flexibility index (Phi) is 18.1. The number of guanidine groups is 1. The van der Waals surface area contributed by atoms with Crippen LogP contribution >= 0.6 is 0 Å². The first-order valence-corrected chi connectivity index (χ1v) is 21.7. The van der Waals surface area contributed by atoms with Gasteiger partial charge in [0.2, 0.25) is 11.8 Å². The summed E-state index contributed by atoms with van der Waals surface area (Å²) in [5, 5.41) is 10.4. The van der Waals surface area contributed by atoms with E-state index in [1.807, 2.05) is 78.9 Å². The average molecular weight is 853 g/mol. The molecule has 5 aromatic rings. The molecule has 0 fully saturated rings. The standard InChI is InChI=1S/C51H60N6O6/c1-3-14-46(50(62)63-33-36-15-5-4-6-16-36)57-48(60)39(18-13-28-55-51(53)54)32-47(59)45(22-11-12-27-52)56-49(61)40(29-34(2)58)30-35-23-25-37(26-24-35)44-31-38-17-7-8-19-41(38)42-20-9-10-21-43(42)44/h3-10,15-17,19-21,23-26,31,39-40,45-46H,1,11-14,18,22,27-30,32-33,52H2,2H3,(H,56,61)(H,57,60)(H4,53,54,55)/t39-,40-,45+,46-/m0/s1. The molecule has 63 heavy (non-hydrogen) atoms. The molecule has 0 bridgehead atoms. The summed E-state index contributed by atoms with van der Waals surface area (Å²) >= 11 is 0. The molecule has 0 saturated heterocycles. The highest BCUT2D eigenvalue weighted by molar-refractivity contribution is 6.13. The number of fused-ring (bicyclic) bond motifs is 3. The van der Waals surface area contributed by atoms with E-state index >= 15 is 0 Å². The molecule has 330 valence electrons. The molecule has 0 aliphatic heterocycles. The molecule has 5 rings (SSSR count). The van der Waals surface area contributed by atoms with Crippen LogP contribution in [-0.4, -0.2) is 60.5 Å². The van der Waals surface area contributed by atoms with Crippen molar-refractivity contribution in [1.82, 2.24) is 10.6 Å². The average Bonchev–Trinajstić information content (AvgIpc) is 3.28.